The summed E-state index contributed by atoms with van der Waals surface area (Å²) in [5, 5.41) is 0. The van der Waals surface area contributed by atoms with Gasteiger partial charge in [0.25, 0.3) is 0 Å². The van der Waals surface area contributed by atoms with Gasteiger partial charge < -0.3 is 0 Å². The Morgan fingerprint density at radius 2 is 1.72 bits per heavy atom. The smallest absolute Gasteiger partial charge is 0.0119 e. The minimum absolute atomic E-state index is 1.19. The van der Waals surface area contributed by atoms with E-state index in [2.05, 4.69) is 58.2 Å². The molecule has 0 heterocycles. The molecule has 0 radical (unpaired) electrons. The topological polar surface area (TPSA) is 0 Å². The van der Waals surface area contributed by atoms with Crippen LogP contribution in [0.5, 0.6) is 0 Å². The van der Waals surface area contributed by atoms with Crippen molar-refractivity contribution in [2.45, 2.75) is 56.8 Å². The van der Waals surface area contributed by atoms with E-state index in [-0.39, 0.29) is 0 Å². The Hall–Kier alpha value is -0.210. The maximum Gasteiger partial charge on any atom is 0.0119 e. The third-order valence-electron chi connectivity index (χ3n) is 2.89. The number of halogens is 1. The van der Waals surface area contributed by atoms with Crippen molar-refractivity contribution in [3.63, 3.8) is 0 Å². The molecule has 0 unspecified atom stereocenters. The Bertz CT molecular complexity index is 332. The van der Waals surface area contributed by atoms with Crippen molar-refractivity contribution in [3.05, 3.63) is 40.2 Å². The molecule has 0 fully saturated rings. The summed E-state index contributed by atoms with van der Waals surface area (Å²) in [5.41, 5.74) is 0. The lowest BCUT2D eigenvalue weighted by molar-refractivity contribution is 0.610. The quantitative estimate of drug-likeness (QED) is 0.356. The van der Waals surface area contributed by atoms with E-state index in [0.717, 1.165) is 0 Å². The lowest BCUT2D eigenvalue weighted by Crippen LogP contribution is -1.82. The molecule has 0 nitrogen and oxygen atoms in total. The summed E-state index contributed by atoms with van der Waals surface area (Å²) in [7, 11) is 0. The van der Waals surface area contributed by atoms with E-state index in [1.807, 2.05) is 11.8 Å². The summed E-state index contributed by atoms with van der Waals surface area (Å²) in [6.45, 7) is 2.27. The molecule has 2 heteroatoms. The van der Waals surface area contributed by atoms with E-state index in [1.54, 1.807) is 0 Å². The van der Waals surface area contributed by atoms with Gasteiger partial charge in [-0.25, -0.2) is 0 Å². The second kappa shape index (κ2) is 10.7. The van der Waals surface area contributed by atoms with Crippen LogP contribution in [-0.2, 0) is 0 Å². The molecule has 1 aromatic carbocycles. The van der Waals surface area contributed by atoms with Crippen LogP contribution in [-0.4, -0.2) is 0 Å². The van der Waals surface area contributed by atoms with Crippen molar-refractivity contribution >= 4 is 27.7 Å². The predicted octanol–water partition coefficient (Wildman–Crippen LogP) is 6.77. The summed E-state index contributed by atoms with van der Waals surface area (Å²) in [6, 6.07) is 10.6. The Labute approximate surface area is 124 Å². The molecule has 100 valence electrons. The zero-order valence-corrected chi connectivity index (χ0v) is 13.6. The van der Waals surface area contributed by atoms with Gasteiger partial charge in [-0.2, -0.15) is 0 Å². The fourth-order valence-corrected chi connectivity index (χ4v) is 3.24. The molecular formula is C16H23BrS. The minimum atomic E-state index is 1.19. The molecule has 0 N–H and O–H groups in total. The minimum Gasteiger partial charge on any atom is -0.0940 e. The van der Waals surface area contributed by atoms with Gasteiger partial charge in [0.05, 0.1) is 0 Å². The first-order valence-corrected chi connectivity index (χ1v) is 8.62. The highest BCUT2D eigenvalue weighted by atomic mass is 79.9. The van der Waals surface area contributed by atoms with Crippen molar-refractivity contribution in [1.82, 2.24) is 0 Å². The Morgan fingerprint density at radius 3 is 2.39 bits per heavy atom. The van der Waals surface area contributed by atoms with Gasteiger partial charge in [-0.1, -0.05) is 84.9 Å². The van der Waals surface area contributed by atoms with E-state index in [9.17, 15) is 0 Å². The van der Waals surface area contributed by atoms with Crippen LogP contribution >= 0.6 is 27.7 Å². The first-order chi connectivity index (χ1) is 8.86. The molecule has 1 aromatic rings. The van der Waals surface area contributed by atoms with Gasteiger partial charge in [0.1, 0.15) is 0 Å². The molecule has 0 spiro atoms. The number of thioether (sulfide) groups is 1. The fourth-order valence-electron chi connectivity index (χ4n) is 1.85. The molecular weight excluding hydrogens is 304 g/mol. The van der Waals surface area contributed by atoms with Crippen molar-refractivity contribution in [1.29, 1.82) is 0 Å². The molecule has 0 saturated carbocycles. The van der Waals surface area contributed by atoms with Crippen molar-refractivity contribution in [3.8, 4) is 0 Å². The van der Waals surface area contributed by atoms with Crippen LogP contribution < -0.4 is 0 Å². The van der Waals surface area contributed by atoms with Crippen molar-refractivity contribution in [2.24, 2.45) is 0 Å². The lowest BCUT2D eigenvalue weighted by atomic mass is 10.1. The molecule has 18 heavy (non-hydrogen) atoms. The molecule has 0 aliphatic heterocycles. The first kappa shape index (κ1) is 15.8. The number of hydrogen-bond acceptors (Lipinski definition) is 1. The highest BCUT2D eigenvalue weighted by Crippen LogP contribution is 2.31. The maximum absolute atomic E-state index is 3.48. The van der Waals surface area contributed by atoms with Gasteiger partial charge >= 0.3 is 0 Å². The Morgan fingerprint density at radius 1 is 1.06 bits per heavy atom. The highest BCUT2D eigenvalue weighted by molar-refractivity contribution is 9.11. The van der Waals surface area contributed by atoms with Gasteiger partial charge in [-0.15, -0.1) is 0 Å². The Kier molecular flexibility index (Phi) is 9.41. The summed E-state index contributed by atoms with van der Waals surface area (Å²) < 4.78 is 0. The van der Waals surface area contributed by atoms with E-state index in [4.69, 9.17) is 0 Å². The molecule has 1 rings (SSSR count). The standard InChI is InChI=1S/C16H23BrS/c1-2-3-4-5-6-8-13-16(14-17)18-15-11-9-7-10-12-15/h7,9-12,14H,2-6,8,13H2,1H3/b16-14-. The van der Waals surface area contributed by atoms with Crippen LogP contribution in [0.2, 0.25) is 0 Å². The van der Waals surface area contributed by atoms with Crippen molar-refractivity contribution < 1.29 is 0 Å². The third kappa shape index (κ3) is 7.27. The van der Waals surface area contributed by atoms with Crippen LogP contribution in [0, 0.1) is 0 Å². The highest BCUT2D eigenvalue weighted by Gasteiger charge is 2.00. The van der Waals surface area contributed by atoms with Crippen LogP contribution in [0.1, 0.15) is 51.9 Å². The molecule has 0 saturated heterocycles. The number of unbranched alkanes of at least 4 members (excludes halogenated alkanes) is 5. The lowest BCUT2D eigenvalue weighted by Gasteiger charge is -2.06. The van der Waals surface area contributed by atoms with Gasteiger partial charge in [-0.05, 0) is 34.9 Å². The average Bonchev–Trinajstić information content (AvgIpc) is 2.42. The number of hydrogen-bond donors (Lipinski definition) is 0. The second-order valence-corrected chi connectivity index (χ2v) is 6.17. The normalized spacial score (nSPS) is 11.8. The monoisotopic (exact) mass is 326 g/mol. The van der Waals surface area contributed by atoms with Crippen LogP contribution in [0.4, 0.5) is 0 Å². The van der Waals surface area contributed by atoms with Gasteiger partial charge in [0, 0.05) is 4.90 Å². The zero-order chi connectivity index (χ0) is 13.1. The van der Waals surface area contributed by atoms with E-state index >= 15 is 0 Å². The molecule has 0 aliphatic carbocycles. The van der Waals surface area contributed by atoms with E-state index in [1.165, 1.54) is 54.7 Å². The summed E-state index contributed by atoms with van der Waals surface area (Å²) in [5.74, 6) is 0. The zero-order valence-electron chi connectivity index (χ0n) is 11.2. The van der Waals surface area contributed by atoms with Crippen LogP contribution in [0.3, 0.4) is 0 Å². The average molecular weight is 327 g/mol. The molecule has 0 aromatic heterocycles. The van der Waals surface area contributed by atoms with Crippen molar-refractivity contribution in [2.75, 3.05) is 0 Å². The van der Waals surface area contributed by atoms with Gasteiger partial charge in [0.15, 0.2) is 0 Å². The summed E-state index contributed by atoms with van der Waals surface area (Å²) in [6.07, 6.45) is 9.36. The first-order valence-electron chi connectivity index (χ1n) is 6.89. The largest absolute Gasteiger partial charge is 0.0940 e. The fraction of sp³-hybridized carbons (Fsp3) is 0.500. The Balaban J connectivity index is 2.19. The predicted molar refractivity (Wildman–Crippen MR) is 87.3 cm³/mol. The molecule has 0 aliphatic rings. The van der Waals surface area contributed by atoms with Crippen LogP contribution in [0.25, 0.3) is 0 Å². The maximum atomic E-state index is 3.48. The summed E-state index contributed by atoms with van der Waals surface area (Å²) >= 11 is 5.36. The van der Waals surface area contributed by atoms with E-state index < -0.39 is 0 Å². The van der Waals surface area contributed by atoms with Gasteiger partial charge in [0.2, 0.25) is 0 Å². The van der Waals surface area contributed by atoms with Crippen LogP contribution in [0.15, 0.2) is 45.1 Å². The molecule has 0 atom stereocenters. The molecule has 0 amide bonds. The number of rotatable bonds is 9. The van der Waals surface area contributed by atoms with Gasteiger partial charge in [-0.3, -0.25) is 0 Å². The SMILES string of the molecule is CCCCCCCC/C(=C/Br)Sc1ccccc1. The molecule has 0 bridgehead atoms. The van der Waals surface area contributed by atoms with E-state index in [0.29, 0.717) is 0 Å². The summed E-state index contributed by atoms with van der Waals surface area (Å²) in [4.78, 5) is 4.84. The number of benzene rings is 1. The third-order valence-corrected chi connectivity index (χ3v) is 4.84. The second-order valence-electron chi connectivity index (χ2n) is 4.51. The number of allylic oxidation sites excluding steroid dienone is 1.